The van der Waals surface area contributed by atoms with E-state index in [0.29, 0.717) is 51.5 Å². The monoisotopic (exact) mass is 308 g/mol. The standard InChI is InChI=1S/C18H28O4/c1-13(2)18-14-5-6-15(18)17(12-22-10-8-20-4)16(14)11-21-9-7-19-3/h5-6,14-15H,7-12H2,1-4H3. The number of methoxy groups -OCH3 is 2. The van der Waals surface area contributed by atoms with Crippen LogP contribution in [-0.4, -0.2) is 53.9 Å². The smallest absolute Gasteiger partial charge is 0.0704 e. The van der Waals surface area contributed by atoms with Gasteiger partial charge >= 0.3 is 0 Å². The minimum atomic E-state index is 0.401. The predicted molar refractivity (Wildman–Crippen MR) is 86.9 cm³/mol. The summed E-state index contributed by atoms with van der Waals surface area (Å²) in [5, 5.41) is 0. The quantitative estimate of drug-likeness (QED) is 0.459. The van der Waals surface area contributed by atoms with Gasteiger partial charge in [-0.05, 0) is 30.6 Å². The van der Waals surface area contributed by atoms with E-state index in [2.05, 4.69) is 26.0 Å². The maximum Gasteiger partial charge on any atom is 0.0704 e. The number of ether oxygens (including phenoxy) is 4. The third kappa shape index (κ3) is 3.87. The Kier molecular flexibility index (Phi) is 6.83. The highest BCUT2D eigenvalue weighted by Crippen LogP contribution is 2.49. The van der Waals surface area contributed by atoms with E-state index in [1.807, 2.05) is 0 Å². The Balaban J connectivity index is 2.03. The van der Waals surface area contributed by atoms with Crippen LogP contribution in [0.5, 0.6) is 0 Å². The molecule has 2 rings (SSSR count). The SMILES string of the molecule is COCCOCC1=C(COCCOC)C2C=CC1C2=C(C)C. The zero-order valence-corrected chi connectivity index (χ0v) is 14.2. The Morgan fingerprint density at radius 2 is 1.27 bits per heavy atom. The lowest BCUT2D eigenvalue weighted by Gasteiger charge is -2.16. The molecule has 0 saturated carbocycles. The van der Waals surface area contributed by atoms with E-state index in [4.69, 9.17) is 18.9 Å². The van der Waals surface area contributed by atoms with Crippen LogP contribution in [0.1, 0.15) is 13.8 Å². The van der Waals surface area contributed by atoms with Gasteiger partial charge in [-0.15, -0.1) is 0 Å². The van der Waals surface area contributed by atoms with Crippen LogP contribution in [0.4, 0.5) is 0 Å². The lowest BCUT2D eigenvalue weighted by Crippen LogP contribution is -2.13. The molecule has 0 aromatic rings. The average Bonchev–Trinajstić information content (AvgIpc) is 3.05. The van der Waals surface area contributed by atoms with Crippen LogP contribution in [0.25, 0.3) is 0 Å². The lowest BCUT2D eigenvalue weighted by molar-refractivity contribution is 0.0748. The van der Waals surface area contributed by atoms with Crippen molar-refractivity contribution in [3.63, 3.8) is 0 Å². The van der Waals surface area contributed by atoms with Gasteiger partial charge in [0.25, 0.3) is 0 Å². The second-order valence-electron chi connectivity index (χ2n) is 5.94. The molecule has 0 aromatic heterocycles. The van der Waals surface area contributed by atoms with Crippen molar-refractivity contribution >= 4 is 0 Å². The fourth-order valence-corrected chi connectivity index (χ4v) is 3.27. The molecule has 22 heavy (non-hydrogen) atoms. The van der Waals surface area contributed by atoms with Gasteiger partial charge in [-0.1, -0.05) is 17.7 Å². The van der Waals surface area contributed by atoms with Gasteiger partial charge in [-0.2, -0.15) is 0 Å². The highest BCUT2D eigenvalue weighted by molar-refractivity contribution is 5.53. The van der Waals surface area contributed by atoms with Crippen molar-refractivity contribution in [2.45, 2.75) is 13.8 Å². The summed E-state index contributed by atoms with van der Waals surface area (Å²) in [5.41, 5.74) is 5.66. The number of hydrogen-bond donors (Lipinski definition) is 0. The fraction of sp³-hybridized carbons (Fsp3) is 0.667. The van der Waals surface area contributed by atoms with Crippen molar-refractivity contribution < 1.29 is 18.9 Å². The number of hydrogen-bond acceptors (Lipinski definition) is 4. The minimum Gasteiger partial charge on any atom is -0.382 e. The summed E-state index contributed by atoms with van der Waals surface area (Å²) < 4.78 is 21.6. The van der Waals surface area contributed by atoms with Crippen LogP contribution in [0, 0.1) is 11.8 Å². The van der Waals surface area contributed by atoms with E-state index >= 15 is 0 Å². The molecule has 4 heteroatoms. The molecule has 0 aliphatic heterocycles. The molecular formula is C18H28O4. The van der Waals surface area contributed by atoms with Gasteiger partial charge in [-0.25, -0.2) is 0 Å². The van der Waals surface area contributed by atoms with Crippen LogP contribution in [0.2, 0.25) is 0 Å². The largest absolute Gasteiger partial charge is 0.382 e. The van der Waals surface area contributed by atoms with Crippen LogP contribution < -0.4 is 0 Å². The van der Waals surface area contributed by atoms with Gasteiger partial charge in [0.05, 0.1) is 39.6 Å². The number of rotatable bonds is 10. The van der Waals surface area contributed by atoms with Gasteiger partial charge in [-0.3, -0.25) is 0 Å². The first-order chi connectivity index (χ1) is 10.7. The van der Waals surface area contributed by atoms with Crippen molar-refractivity contribution in [2.24, 2.45) is 11.8 Å². The van der Waals surface area contributed by atoms with Crippen molar-refractivity contribution in [1.82, 2.24) is 0 Å². The molecule has 0 amide bonds. The highest BCUT2D eigenvalue weighted by atomic mass is 16.5. The van der Waals surface area contributed by atoms with Gasteiger partial charge in [0.1, 0.15) is 0 Å². The first-order valence-corrected chi connectivity index (χ1v) is 7.91. The maximum absolute atomic E-state index is 5.78. The summed E-state index contributed by atoms with van der Waals surface area (Å²) in [7, 11) is 3.39. The molecule has 2 atom stereocenters. The molecule has 4 nitrogen and oxygen atoms in total. The van der Waals surface area contributed by atoms with Gasteiger partial charge in [0, 0.05) is 26.1 Å². The second kappa shape index (κ2) is 8.63. The van der Waals surface area contributed by atoms with Gasteiger partial charge in [0.2, 0.25) is 0 Å². The Bertz CT molecular complexity index is 424. The van der Waals surface area contributed by atoms with Crippen LogP contribution in [0.3, 0.4) is 0 Å². The van der Waals surface area contributed by atoms with E-state index in [1.165, 1.54) is 22.3 Å². The van der Waals surface area contributed by atoms with Crippen LogP contribution >= 0.6 is 0 Å². The highest BCUT2D eigenvalue weighted by Gasteiger charge is 2.39. The molecule has 0 fully saturated rings. The Labute approximate surface area is 133 Å². The fourth-order valence-electron chi connectivity index (χ4n) is 3.27. The van der Waals surface area contributed by atoms with Crippen molar-refractivity contribution in [1.29, 1.82) is 0 Å². The summed E-state index contributed by atoms with van der Waals surface area (Å²) in [6.07, 6.45) is 4.61. The van der Waals surface area contributed by atoms with Crippen molar-refractivity contribution in [3.05, 3.63) is 34.4 Å². The normalized spacial score (nSPS) is 23.0. The molecule has 0 saturated heterocycles. The maximum atomic E-state index is 5.78. The van der Waals surface area contributed by atoms with E-state index < -0.39 is 0 Å². The predicted octanol–water partition coefficient (Wildman–Crippen LogP) is 2.76. The molecule has 0 spiro atoms. The van der Waals surface area contributed by atoms with Crippen molar-refractivity contribution in [3.8, 4) is 0 Å². The molecule has 0 radical (unpaired) electrons. The van der Waals surface area contributed by atoms with E-state index in [9.17, 15) is 0 Å². The Hall–Kier alpha value is -0.940. The zero-order valence-electron chi connectivity index (χ0n) is 14.2. The van der Waals surface area contributed by atoms with Crippen LogP contribution in [0.15, 0.2) is 34.4 Å². The zero-order chi connectivity index (χ0) is 15.9. The second-order valence-corrected chi connectivity index (χ2v) is 5.94. The summed E-state index contributed by atoms with van der Waals surface area (Å²) in [6, 6.07) is 0. The first-order valence-electron chi connectivity index (χ1n) is 7.91. The molecule has 2 unspecified atom stereocenters. The first kappa shape index (κ1) is 17.4. The minimum absolute atomic E-state index is 0.401. The molecule has 124 valence electrons. The molecule has 2 aliphatic rings. The topological polar surface area (TPSA) is 36.9 Å². The summed E-state index contributed by atoms with van der Waals surface area (Å²) in [4.78, 5) is 0. The van der Waals surface area contributed by atoms with E-state index in [-0.39, 0.29) is 0 Å². The molecule has 2 aliphatic carbocycles. The number of fused-ring (bicyclic) bond motifs is 2. The van der Waals surface area contributed by atoms with E-state index in [0.717, 1.165) is 0 Å². The molecule has 0 heterocycles. The molecule has 0 aromatic carbocycles. The van der Waals surface area contributed by atoms with Crippen LogP contribution in [-0.2, 0) is 18.9 Å². The summed E-state index contributed by atoms with van der Waals surface area (Å²) in [6.45, 7) is 8.23. The lowest BCUT2D eigenvalue weighted by atomic mass is 9.95. The third-order valence-corrected chi connectivity index (χ3v) is 4.29. The Morgan fingerprint density at radius 3 is 1.64 bits per heavy atom. The third-order valence-electron chi connectivity index (χ3n) is 4.29. The summed E-state index contributed by atoms with van der Waals surface area (Å²) >= 11 is 0. The molecule has 0 N–H and O–H groups in total. The summed E-state index contributed by atoms with van der Waals surface area (Å²) in [5.74, 6) is 0.803. The average molecular weight is 308 g/mol. The van der Waals surface area contributed by atoms with Gasteiger partial charge in [0.15, 0.2) is 0 Å². The molecule has 2 bridgehead atoms. The number of allylic oxidation sites excluding steroid dienone is 4. The van der Waals surface area contributed by atoms with Crippen molar-refractivity contribution in [2.75, 3.05) is 53.9 Å². The van der Waals surface area contributed by atoms with E-state index in [1.54, 1.807) is 14.2 Å². The Morgan fingerprint density at radius 1 is 0.818 bits per heavy atom. The van der Waals surface area contributed by atoms with Gasteiger partial charge < -0.3 is 18.9 Å². The molecular weight excluding hydrogens is 280 g/mol.